The smallest absolute Gasteiger partial charge is 0.261 e. The van der Waals surface area contributed by atoms with Gasteiger partial charge in [0.15, 0.2) is 0 Å². The van der Waals surface area contributed by atoms with Crippen molar-refractivity contribution in [3.63, 3.8) is 0 Å². The third kappa shape index (κ3) is 3.43. The van der Waals surface area contributed by atoms with Gasteiger partial charge in [-0.2, -0.15) is 16.9 Å². The molecule has 0 saturated carbocycles. The van der Waals surface area contributed by atoms with Crippen LogP contribution in [0.3, 0.4) is 0 Å². The number of carbonyl (C=O) groups excluding carboxylic acids is 1. The number of thioether (sulfide) groups is 1. The van der Waals surface area contributed by atoms with E-state index in [1.54, 1.807) is 22.5 Å². The molecule has 2 unspecified atom stereocenters. The van der Waals surface area contributed by atoms with Crippen molar-refractivity contribution in [1.29, 1.82) is 0 Å². The second-order valence-corrected chi connectivity index (χ2v) is 9.20. The Morgan fingerprint density at radius 3 is 2.87 bits per heavy atom. The van der Waals surface area contributed by atoms with Crippen LogP contribution >= 0.6 is 11.8 Å². The monoisotopic (exact) mass is 423 g/mol. The summed E-state index contributed by atoms with van der Waals surface area (Å²) >= 11 is 1.65. The lowest BCUT2D eigenvalue weighted by atomic mass is 10.1. The Bertz CT molecular complexity index is 1150. The first kappa shape index (κ1) is 19.4. The highest BCUT2D eigenvalue weighted by atomic mass is 32.2. The van der Waals surface area contributed by atoms with Gasteiger partial charge in [0.05, 0.1) is 29.2 Å². The number of amides is 1. The molecule has 156 valence electrons. The number of fused-ring (bicyclic) bond motifs is 4. The van der Waals surface area contributed by atoms with Crippen LogP contribution in [0.25, 0.3) is 10.9 Å². The fourth-order valence-corrected chi connectivity index (χ4v) is 5.52. The number of hydrogen-bond donors (Lipinski definition) is 0. The summed E-state index contributed by atoms with van der Waals surface area (Å²) in [6, 6.07) is 9.72. The van der Waals surface area contributed by atoms with Crippen molar-refractivity contribution in [3.8, 4) is 0 Å². The predicted octanol–water partition coefficient (Wildman–Crippen LogP) is 2.25. The van der Waals surface area contributed by atoms with Gasteiger partial charge in [0.1, 0.15) is 5.82 Å². The third-order valence-electron chi connectivity index (χ3n) is 6.26. The molecule has 0 aliphatic carbocycles. The van der Waals surface area contributed by atoms with E-state index in [0.29, 0.717) is 24.1 Å². The van der Waals surface area contributed by atoms with Crippen molar-refractivity contribution in [2.24, 2.45) is 0 Å². The summed E-state index contributed by atoms with van der Waals surface area (Å²) in [6.07, 6.45) is 4.39. The molecule has 8 heteroatoms. The topological polar surface area (TPSA) is 73.0 Å². The zero-order valence-electron chi connectivity index (χ0n) is 17.0. The highest BCUT2D eigenvalue weighted by Crippen LogP contribution is 2.31. The van der Waals surface area contributed by atoms with E-state index in [2.05, 4.69) is 5.10 Å². The lowest BCUT2D eigenvalue weighted by molar-refractivity contribution is -0.131. The molecule has 1 aromatic carbocycles. The number of hydrogen-bond acceptors (Lipinski definition) is 5. The van der Waals surface area contributed by atoms with Crippen LogP contribution in [0, 0.1) is 6.92 Å². The molecule has 1 fully saturated rings. The minimum absolute atomic E-state index is 0.0134. The standard InChI is InChI=1S/C22H25N5O2S/c1-15-8-9-23-26(15)10-11-30-14-21(28)27-16-6-7-17(27)13-25-20(12-16)24-19-5-3-2-4-18(19)22(25)29/h2-5,8-9,16-17H,6-7,10-14H2,1H3. The molecule has 3 aromatic rings. The van der Waals surface area contributed by atoms with Gasteiger partial charge in [-0.15, -0.1) is 0 Å². The van der Waals surface area contributed by atoms with Crippen molar-refractivity contribution >= 4 is 28.6 Å². The minimum atomic E-state index is 0.0134. The molecule has 2 atom stereocenters. The van der Waals surface area contributed by atoms with Crippen LogP contribution < -0.4 is 5.56 Å². The molecular formula is C22H25N5O2S. The maximum Gasteiger partial charge on any atom is 0.261 e. The Balaban J connectivity index is 1.30. The molecule has 4 heterocycles. The Morgan fingerprint density at radius 2 is 2.03 bits per heavy atom. The summed E-state index contributed by atoms with van der Waals surface area (Å²) in [5.74, 6) is 2.30. The molecule has 7 nitrogen and oxygen atoms in total. The molecule has 30 heavy (non-hydrogen) atoms. The molecule has 0 spiro atoms. The molecule has 0 radical (unpaired) electrons. The largest absolute Gasteiger partial charge is 0.334 e. The highest BCUT2D eigenvalue weighted by Gasteiger charge is 2.40. The number of carbonyl (C=O) groups is 1. The minimum Gasteiger partial charge on any atom is -0.334 e. The lowest BCUT2D eigenvalue weighted by Gasteiger charge is -2.27. The summed E-state index contributed by atoms with van der Waals surface area (Å²) in [5.41, 5.74) is 1.89. The zero-order valence-corrected chi connectivity index (χ0v) is 17.8. The Morgan fingerprint density at radius 1 is 1.20 bits per heavy atom. The van der Waals surface area contributed by atoms with Gasteiger partial charge in [-0.25, -0.2) is 4.98 Å². The fourth-order valence-electron chi connectivity index (χ4n) is 4.75. The maximum atomic E-state index is 13.1. The molecule has 2 bridgehead atoms. The Kier molecular flexibility index (Phi) is 5.10. The van der Waals surface area contributed by atoms with Crippen LogP contribution in [0.1, 0.15) is 24.4 Å². The number of aromatic nitrogens is 4. The van der Waals surface area contributed by atoms with E-state index in [1.165, 1.54) is 0 Å². The summed E-state index contributed by atoms with van der Waals surface area (Å²) in [4.78, 5) is 32.9. The molecule has 1 saturated heterocycles. The second-order valence-electron chi connectivity index (χ2n) is 8.10. The predicted molar refractivity (Wildman–Crippen MR) is 118 cm³/mol. The van der Waals surface area contributed by atoms with E-state index in [4.69, 9.17) is 4.98 Å². The van der Waals surface area contributed by atoms with E-state index in [1.807, 2.05) is 46.8 Å². The second kappa shape index (κ2) is 7.91. The van der Waals surface area contributed by atoms with Gasteiger partial charge in [0.25, 0.3) is 5.56 Å². The van der Waals surface area contributed by atoms with E-state index in [0.717, 1.165) is 42.2 Å². The van der Waals surface area contributed by atoms with Crippen LogP contribution in [0.4, 0.5) is 0 Å². The maximum absolute atomic E-state index is 13.1. The average molecular weight is 424 g/mol. The number of rotatable bonds is 5. The molecule has 0 N–H and O–H groups in total. The summed E-state index contributed by atoms with van der Waals surface area (Å²) < 4.78 is 3.77. The zero-order chi connectivity index (χ0) is 20.7. The Hall–Kier alpha value is -2.61. The molecular weight excluding hydrogens is 398 g/mol. The van der Waals surface area contributed by atoms with Crippen molar-refractivity contribution < 1.29 is 4.79 Å². The first-order chi connectivity index (χ1) is 14.6. The molecule has 2 aliphatic heterocycles. The van der Waals surface area contributed by atoms with E-state index < -0.39 is 0 Å². The molecule has 1 amide bonds. The van der Waals surface area contributed by atoms with Gasteiger partial charge < -0.3 is 4.90 Å². The molecule has 5 rings (SSSR count). The van der Waals surface area contributed by atoms with Gasteiger partial charge in [0, 0.05) is 36.7 Å². The lowest BCUT2D eigenvalue weighted by Crippen LogP contribution is -2.43. The van der Waals surface area contributed by atoms with Crippen LogP contribution in [0.15, 0.2) is 41.3 Å². The van der Waals surface area contributed by atoms with Gasteiger partial charge >= 0.3 is 0 Å². The van der Waals surface area contributed by atoms with Gasteiger partial charge in [-0.05, 0) is 38.0 Å². The highest BCUT2D eigenvalue weighted by molar-refractivity contribution is 7.99. The normalized spacial score (nSPS) is 20.4. The Labute approximate surface area is 179 Å². The van der Waals surface area contributed by atoms with Gasteiger partial charge in [0.2, 0.25) is 5.91 Å². The van der Waals surface area contributed by atoms with Crippen LogP contribution in [0.5, 0.6) is 0 Å². The first-order valence-corrected chi connectivity index (χ1v) is 11.6. The average Bonchev–Trinajstić information content (AvgIpc) is 3.28. The van der Waals surface area contributed by atoms with Crippen molar-refractivity contribution in [2.45, 2.75) is 51.4 Å². The van der Waals surface area contributed by atoms with E-state index >= 15 is 0 Å². The summed E-state index contributed by atoms with van der Waals surface area (Å²) in [7, 11) is 0. The summed E-state index contributed by atoms with van der Waals surface area (Å²) in [6.45, 7) is 3.39. The SMILES string of the molecule is Cc1ccnn1CCSCC(=O)N1C2CCC1Cn1c(nc3ccccc3c1=O)C2. The number of benzene rings is 1. The van der Waals surface area contributed by atoms with E-state index in [9.17, 15) is 9.59 Å². The molecule has 2 aliphatic rings. The van der Waals surface area contributed by atoms with Gasteiger partial charge in [-0.3, -0.25) is 18.8 Å². The van der Waals surface area contributed by atoms with Crippen molar-refractivity contribution in [3.05, 3.63) is 58.4 Å². The van der Waals surface area contributed by atoms with Crippen molar-refractivity contribution in [2.75, 3.05) is 11.5 Å². The number of para-hydroxylation sites is 1. The van der Waals surface area contributed by atoms with Crippen molar-refractivity contribution in [1.82, 2.24) is 24.2 Å². The van der Waals surface area contributed by atoms with Gasteiger partial charge in [-0.1, -0.05) is 12.1 Å². The molecule has 2 aromatic heterocycles. The van der Waals surface area contributed by atoms with Crippen LogP contribution in [-0.2, 0) is 24.3 Å². The number of nitrogens with zero attached hydrogens (tertiary/aromatic N) is 5. The van der Waals surface area contributed by atoms with Crippen LogP contribution in [0.2, 0.25) is 0 Å². The third-order valence-corrected chi connectivity index (χ3v) is 7.18. The number of aryl methyl sites for hydroxylation is 2. The first-order valence-electron chi connectivity index (χ1n) is 10.5. The summed E-state index contributed by atoms with van der Waals surface area (Å²) in [5, 5.41) is 4.95. The fraction of sp³-hybridized carbons (Fsp3) is 0.455. The quantitative estimate of drug-likeness (QED) is 0.589. The van der Waals surface area contributed by atoms with Crippen LogP contribution in [-0.4, -0.2) is 53.7 Å². The van der Waals surface area contributed by atoms with E-state index in [-0.39, 0.29) is 23.6 Å².